The monoisotopic (exact) mass is 411 g/mol. The first-order valence-corrected chi connectivity index (χ1v) is 10.5. The number of anilines is 1. The molecule has 1 N–H and O–H groups in total. The number of nitrogens with zero attached hydrogens (tertiary/aromatic N) is 4. The Labute approximate surface area is 172 Å². The Morgan fingerprint density at radius 3 is 2.79 bits per heavy atom. The molecule has 5 rings (SSSR count). The standard InChI is InChI=1S/C20H21N5O3S/c26-18(21-12-14-6-7-16-17(11-14)28-13-27-16)15-5-4-10-25(15)20-23-22-19(29-20)24-8-2-1-3-9-24/h4-7,10-11H,1-3,8-9,12-13H2,(H,21,26). The molecule has 0 spiro atoms. The second kappa shape index (κ2) is 7.75. The van der Waals surface area contributed by atoms with Crippen LogP contribution in [0, 0.1) is 0 Å². The highest BCUT2D eigenvalue weighted by atomic mass is 32.1. The summed E-state index contributed by atoms with van der Waals surface area (Å²) in [5.41, 5.74) is 1.48. The summed E-state index contributed by atoms with van der Waals surface area (Å²) < 4.78 is 12.5. The zero-order chi connectivity index (χ0) is 19.6. The molecule has 0 saturated carbocycles. The molecule has 0 unspecified atom stereocenters. The fraction of sp³-hybridized carbons (Fsp3) is 0.350. The number of aromatic nitrogens is 3. The van der Waals surface area contributed by atoms with Gasteiger partial charge in [0.25, 0.3) is 5.91 Å². The quantitative estimate of drug-likeness (QED) is 0.695. The van der Waals surface area contributed by atoms with Gasteiger partial charge in [0.05, 0.1) is 0 Å². The van der Waals surface area contributed by atoms with Gasteiger partial charge < -0.3 is 19.7 Å². The van der Waals surface area contributed by atoms with E-state index < -0.39 is 0 Å². The molecule has 1 amide bonds. The Balaban J connectivity index is 1.28. The number of ether oxygens (including phenoxy) is 2. The number of carbonyl (C=O) groups is 1. The Kier molecular flexibility index (Phi) is 4.81. The van der Waals surface area contributed by atoms with Crippen molar-refractivity contribution in [2.24, 2.45) is 0 Å². The zero-order valence-corrected chi connectivity index (χ0v) is 16.7. The van der Waals surface area contributed by atoms with Crippen LogP contribution in [-0.2, 0) is 6.54 Å². The van der Waals surface area contributed by atoms with E-state index in [2.05, 4.69) is 20.4 Å². The fourth-order valence-electron chi connectivity index (χ4n) is 3.57. The average molecular weight is 411 g/mol. The van der Waals surface area contributed by atoms with Gasteiger partial charge in [-0.25, -0.2) is 0 Å². The van der Waals surface area contributed by atoms with Gasteiger partial charge in [-0.2, -0.15) is 0 Å². The van der Waals surface area contributed by atoms with E-state index >= 15 is 0 Å². The Hall–Kier alpha value is -3.07. The Bertz CT molecular complexity index is 1020. The molecule has 0 aliphatic carbocycles. The highest BCUT2D eigenvalue weighted by Crippen LogP contribution is 2.32. The number of hydrogen-bond donors (Lipinski definition) is 1. The zero-order valence-electron chi connectivity index (χ0n) is 15.8. The summed E-state index contributed by atoms with van der Waals surface area (Å²) >= 11 is 1.51. The lowest BCUT2D eigenvalue weighted by Gasteiger charge is -2.25. The van der Waals surface area contributed by atoms with E-state index in [1.165, 1.54) is 30.6 Å². The lowest BCUT2D eigenvalue weighted by atomic mass is 10.1. The van der Waals surface area contributed by atoms with Crippen LogP contribution in [0.25, 0.3) is 5.13 Å². The summed E-state index contributed by atoms with van der Waals surface area (Å²) in [6.07, 6.45) is 5.49. The molecule has 2 aliphatic rings. The van der Waals surface area contributed by atoms with Crippen molar-refractivity contribution in [2.45, 2.75) is 25.8 Å². The lowest BCUT2D eigenvalue weighted by Crippen LogP contribution is -2.29. The maximum Gasteiger partial charge on any atom is 0.268 e. The van der Waals surface area contributed by atoms with Crippen LogP contribution in [0.1, 0.15) is 35.3 Å². The predicted octanol–water partition coefficient (Wildman–Crippen LogP) is 2.98. The van der Waals surface area contributed by atoms with Crippen molar-refractivity contribution in [1.82, 2.24) is 20.1 Å². The summed E-state index contributed by atoms with van der Waals surface area (Å²) in [5, 5.41) is 13.2. The summed E-state index contributed by atoms with van der Waals surface area (Å²) in [5.74, 6) is 1.27. The minimum atomic E-state index is -0.164. The Morgan fingerprint density at radius 1 is 1.07 bits per heavy atom. The van der Waals surface area contributed by atoms with Gasteiger partial charge in [0.15, 0.2) is 11.5 Å². The molecule has 2 aliphatic heterocycles. The van der Waals surface area contributed by atoms with Crippen molar-refractivity contribution in [3.8, 4) is 16.6 Å². The van der Waals surface area contributed by atoms with Crippen molar-refractivity contribution in [2.75, 3.05) is 24.8 Å². The minimum Gasteiger partial charge on any atom is -0.454 e. The molecule has 29 heavy (non-hydrogen) atoms. The van der Waals surface area contributed by atoms with E-state index in [9.17, 15) is 4.79 Å². The highest BCUT2D eigenvalue weighted by Gasteiger charge is 2.19. The van der Waals surface area contributed by atoms with Crippen LogP contribution in [-0.4, -0.2) is 40.6 Å². The predicted molar refractivity (Wildman–Crippen MR) is 109 cm³/mol. The SMILES string of the molecule is O=C(NCc1ccc2c(c1)OCO2)c1cccn1-c1nnc(N2CCCCC2)s1. The molecule has 9 heteroatoms. The first-order chi connectivity index (χ1) is 14.3. The van der Waals surface area contributed by atoms with E-state index in [1.54, 1.807) is 10.6 Å². The average Bonchev–Trinajstić information content (AvgIpc) is 3.52. The third-order valence-corrected chi connectivity index (χ3v) is 6.09. The van der Waals surface area contributed by atoms with E-state index in [0.717, 1.165) is 29.5 Å². The maximum atomic E-state index is 12.8. The van der Waals surface area contributed by atoms with Gasteiger partial charge in [-0.15, -0.1) is 10.2 Å². The minimum absolute atomic E-state index is 0.164. The van der Waals surface area contributed by atoms with Crippen LogP contribution in [0.3, 0.4) is 0 Å². The van der Waals surface area contributed by atoms with Gasteiger partial charge >= 0.3 is 0 Å². The number of piperidine rings is 1. The van der Waals surface area contributed by atoms with E-state index in [1.807, 2.05) is 30.5 Å². The number of benzene rings is 1. The van der Waals surface area contributed by atoms with Crippen LogP contribution < -0.4 is 19.7 Å². The topological polar surface area (TPSA) is 81.5 Å². The molecule has 3 aromatic rings. The first-order valence-electron chi connectivity index (χ1n) is 9.71. The van der Waals surface area contributed by atoms with E-state index in [4.69, 9.17) is 9.47 Å². The number of amides is 1. The van der Waals surface area contributed by atoms with E-state index in [-0.39, 0.29) is 12.7 Å². The van der Waals surface area contributed by atoms with Gasteiger partial charge in [-0.3, -0.25) is 9.36 Å². The van der Waals surface area contributed by atoms with Gasteiger partial charge in [0, 0.05) is 25.8 Å². The molecule has 0 bridgehead atoms. The normalized spacial score (nSPS) is 15.5. The maximum absolute atomic E-state index is 12.8. The molecule has 0 radical (unpaired) electrons. The molecular weight excluding hydrogens is 390 g/mol. The number of fused-ring (bicyclic) bond motifs is 1. The van der Waals surface area contributed by atoms with Crippen LogP contribution >= 0.6 is 11.3 Å². The van der Waals surface area contributed by atoms with E-state index in [0.29, 0.717) is 23.1 Å². The molecule has 1 fully saturated rings. The molecule has 2 aromatic heterocycles. The van der Waals surface area contributed by atoms with Gasteiger partial charge in [0.2, 0.25) is 17.1 Å². The van der Waals surface area contributed by atoms with Crippen molar-refractivity contribution in [3.63, 3.8) is 0 Å². The first kappa shape index (κ1) is 18.0. The third-order valence-electron chi connectivity index (χ3n) is 5.11. The third kappa shape index (κ3) is 3.65. The largest absolute Gasteiger partial charge is 0.454 e. The van der Waals surface area contributed by atoms with Crippen molar-refractivity contribution in [3.05, 3.63) is 47.8 Å². The number of carbonyl (C=O) groups excluding carboxylic acids is 1. The number of nitrogens with one attached hydrogen (secondary N) is 1. The second-order valence-corrected chi connectivity index (χ2v) is 7.98. The number of hydrogen-bond acceptors (Lipinski definition) is 7. The van der Waals surface area contributed by atoms with Gasteiger partial charge in [0.1, 0.15) is 5.69 Å². The van der Waals surface area contributed by atoms with Gasteiger partial charge in [-0.1, -0.05) is 17.4 Å². The van der Waals surface area contributed by atoms with Crippen LogP contribution in [0.4, 0.5) is 5.13 Å². The molecule has 4 heterocycles. The lowest BCUT2D eigenvalue weighted by molar-refractivity contribution is 0.0944. The highest BCUT2D eigenvalue weighted by molar-refractivity contribution is 7.17. The summed E-state index contributed by atoms with van der Waals surface area (Å²) in [7, 11) is 0. The van der Waals surface area contributed by atoms with Crippen LogP contribution in [0.5, 0.6) is 11.5 Å². The van der Waals surface area contributed by atoms with Gasteiger partial charge in [-0.05, 0) is 49.1 Å². The van der Waals surface area contributed by atoms with Crippen molar-refractivity contribution in [1.29, 1.82) is 0 Å². The molecular formula is C20H21N5O3S. The van der Waals surface area contributed by atoms with Crippen LogP contribution in [0.15, 0.2) is 36.5 Å². The molecule has 150 valence electrons. The fourth-order valence-corrected chi connectivity index (χ4v) is 4.47. The smallest absolute Gasteiger partial charge is 0.268 e. The second-order valence-electron chi connectivity index (χ2n) is 7.05. The van der Waals surface area contributed by atoms with Crippen LogP contribution in [0.2, 0.25) is 0 Å². The Morgan fingerprint density at radius 2 is 1.90 bits per heavy atom. The van der Waals surface area contributed by atoms with Crippen molar-refractivity contribution < 1.29 is 14.3 Å². The molecule has 8 nitrogen and oxygen atoms in total. The molecule has 1 aromatic carbocycles. The summed E-state index contributed by atoms with van der Waals surface area (Å²) in [6, 6.07) is 9.30. The number of rotatable bonds is 5. The van der Waals surface area contributed by atoms with Crippen molar-refractivity contribution >= 4 is 22.4 Å². The molecule has 0 atom stereocenters. The summed E-state index contributed by atoms with van der Waals surface area (Å²) in [4.78, 5) is 15.0. The molecule has 1 saturated heterocycles. The summed E-state index contributed by atoms with van der Waals surface area (Å²) in [6.45, 7) is 2.67.